The van der Waals surface area contributed by atoms with Crippen molar-refractivity contribution < 1.29 is 9.59 Å². The van der Waals surface area contributed by atoms with Gasteiger partial charge in [0.1, 0.15) is 0 Å². The molecule has 0 bridgehead atoms. The van der Waals surface area contributed by atoms with Gasteiger partial charge in [0.25, 0.3) is 11.8 Å². The number of carbonyl (C=O) groups excluding carboxylic acids is 2. The zero-order valence-corrected chi connectivity index (χ0v) is 19.2. The Morgan fingerprint density at radius 1 is 0.735 bits per heavy atom. The number of rotatable bonds is 4. The van der Waals surface area contributed by atoms with Crippen molar-refractivity contribution in [2.24, 2.45) is 0 Å². The molecule has 1 aliphatic heterocycles. The van der Waals surface area contributed by atoms with Gasteiger partial charge in [-0.2, -0.15) is 0 Å². The molecule has 1 N–H and O–H groups in total. The van der Waals surface area contributed by atoms with Gasteiger partial charge in [-0.25, -0.2) is 0 Å². The molecule has 2 amide bonds. The van der Waals surface area contributed by atoms with Crippen LogP contribution in [0, 0.1) is 6.92 Å². The topological polar surface area (TPSA) is 52.7 Å². The first-order chi connectivity index (χ1) is 16.6. The van der Waals surface area contributed by atoms with Gasteiger partial charge >= 0.3 is 0 Å². The molecule has 1 fully saturated rings. The molecule has 4 aromatic carbocycles. The third kappa shape index (κ3) is 4.50. The molecule has 170 valence electrons. The van der Waals surface area contributed by atoms with Crippen LogP contribution in [0.3, 0.4) is 0 Å². The van der Waals surface area contributed by atoms with Crippen LogP contribution in [-0.4, -0.2) is 42.9 Å². The molecule has 0 aliphatic carbocycles. The van der Waals surface area contributed by atoms with E-state index in [-0.39, 0.29) is 11.8 Å². The first kappa shape index (κ1) is 21.7. The van der Waals surface area contributed by atoms with E-state index in [2.05, 4.69) is 16.3 Å². The van der Waals surface area contributed by atoms with Crippen molar-refractivity contribution in [1.82, 2.24) is 4.90 Å². The van der Waals surface area contributed by atoms with E-state index >= 15 is 0 Å². The van der Waals surface area contributed by atoms with Crippen LogP contribution in [0.1, 0.15) is 26.3 Å². The lowest BCUT2D eigenvalue weighted by molar-refractivity contribution is 0.0746. The van der Waals surface area contributed by atoms with Crippen LogP contribution in [-0.2, 0) is 0 Å². The highest BCUT2D eigenvalue weighted by Crippen LogP contribution is 2.22. The number of nitrogens with zero attached hydrogens (tertiary/aromatic N) is 2. The van der Waals surface area contributed by atoms with Gasteiger partial charge in [-0.3, -0.25) is 9.59 Å². The Morgan fingerprint density at radius 3 is 2.15 bits per heavy atom. The van der Waals surface area contributed by atoms with Gasteiger partial charge in [-0.15, -0.1) is 0 Å². The molecule has 34 heavy (non-hydrogen) atoms. The Bertz CT molecular complexity index is 1340. The van der Waals surface area contributed by atoms with Gasteiger partial charge in [-0.05, 0) is 65.7 Å². The lowest BCUT2D eigenvalue weighted by Gasteiger charge is -2.36. The quantitative estimate of drug-likeness (QED) is 0.456. The maximum Gasteiger partial charge on any atom is 0.255 e. The number of aryl methyl sites for hydroxylation is 1. The number of hydrogen-bond donors (Lipinski definition) is 1. The summed E-state index contributed by atoms with van der Waals surface area (Å²) in [7, 11) is 0. The summed E-state index contributed by atoms with van der Waals surface area (Å²) in [6, 6.07) is 29.5. The molecule has 1 aliphatic rings. The number of amides is 2. The summed E-state index contributed by atoms with van der Waals surface area (Å²) in [6.07, 6.45) is 0. The van der Waals surface area contributed by atoms with Gasteiger partial charge in [0, 0.05) is 48.7 Å². The first-order valence-electron chi connectivity index (χ1n) is 11.6. The van der Waals surface area contributed by atoms with Crippen LogP contribution in [0.25, 0.3) is 10.8 Å². The Labute approximate surface area is 199 Å². The minimum atomic E-state index is -0.105. The van der Waals surface area contributed by atoms with Crippen LogP contribution in [0.5, 0.6) is 0 Å². The molecule has 4 aromatic rings. The van der Waals surface area contributed by atoms with E-state index in [1.54, 1.807) is 0 Å². The van der Waals surface area contributed by atoms with Crippen molar-refractivity contribution >= 4 is 34.0 Å². The van der Waals surface area contributed by atoms with Crippen molar-refractivity contribution in [1.29, 1.82) is 0 Å². The monoisotopic (exact) mass is 449 g/mol. The molecule has 1 heterocycles. The molecular formula is C29H27N3O2. The molecule has 0 radical (unpaired) electrons. The van der Waals surface area contributed by atoms with E-state index in [0.717, 1.165) is 46.4 Å². The molecule has 5 nitrogen and oxygen atoms in total. The Balaban J connectivity index is 1.19. The molecule has 5 heteroatoms. The summed E-state index contributed by atoms with van der Waals surface area (Å²) in [4.78, 5) is 29.8. The van der Waals surface area contributed by atoms with Gasteiger partial charge in [0.05, 0.1) is 0 Å². The minimum Gasteiger partial charge on any atom is -0.368 e. The first-order valence-corrected chi connectivity index (χ1v) is 11.6. The molecule has 0 spiro atoms. The standard InChI is InChI=1S/C29H27N3O2/c1-21-6-2-5-9-27(21)28(33)30-25-12-14-26(15-13-25)31-16-18-32(19-17-31)29(34)24-11-10-22-7-3-4-8-23(22)20-24/h2-15,20H,16-19H2,1H3,(H,30,33). The summed E-state index contributed by atoms with van der Waals surface area (Å²) in [5.74, 6) is -0.0219. The number of hydrogen-bond acceptors (Lipinski definition) is 3. The molecule has 0 unspecified atom stereocenters. The lowest BCUT2D eigenvalue weighted by Crippen LogP contribution is -2.48. The number of anilines is 2. The number of piperazine rings is 1. The predicted molar refractivity (Wildman–Crippen MR) is 138 cm³/mol. The van der Waals surface area contributed by atoms with E-state index in [1.165, 1.54) is 0 Å². The molecular weight excluding hydrogens is 422 g/mol. The van der Waals surface area contributed by atoms with Crippen molar-refractivity contribution in [3.05, 3.63) is 108 Å². The Kier molecular flexibility index (Phi) is 6.00. The summed E-state index contributed by atoms with van der Waals surface area (Å²) in [6.45, 7) is 4.83. The van der Waals surface area contributed by atoms with Gasteiger partial charge < -0.3 is 15.1 Å². The van der Waals surface area contributed by atoms with Crippen LogP contribution in [0.4, 0.5) is 11.4 Å². The van der Waals surface area contributed by atoms with Crippen LogP contribution >= 0.6 is 0 Å². The smallest absolute Gasteiger partial charge is 0.255 e. The predicted octanol–water partition coefficient (Wildman–Crippen LogP) is 5.36. The fraction of sp³-hybridized carbons (Fsp3) is 0.172. The van der Waals surface area contributed by atoms with Gasteiger partial charge in [0.15, 0.2) is 0 Å². The maximum atomic E-state index is 13.0. The van der Waals surface area contributed by atoms with Gasteiger partial charge in [-0.1, -0.05) is 48.5 Å². The second kappa shape index (κ2) is 9.40. The number of fused-ring (bicyclic) bond motifs is 1. The van der Waals surface area contributed by atoms with Crippen LogP contribution in [0.15, 0.2) is 91.0 Å². The highest BCUT2D eigenvalue weighted by molar-refractivity contribution is 6.05. The largest absolute Gasteiger partial charge is 0.368 e. The van der Waals surface area contributed by atoms with E-state index in [9.17, 15) is 9.59 Å². The normalized spacial score (nSPS) is 13.7. The fourth-order valence-electron chi connectivity index (χ4n) is 4.45. The average Bonchev–Trinajstić information content (AvgIpc) is 2.89. The van der Waals surface area contributed by atoms with Crippen molar-refractivity contribution in [3.63, 3.8) is 0 Å². The molecule has 0 atom stereocenters. The van der Waals surface area contributed by atoms with E-state index in [1.807, 2.05) is 96.8 Å². The third-order valence-electron chi connectivity index (χ3n) is 6.44. The molecule has 1 saturated heterocycles. The SMILES string of the molecule is Cc1ccccc1C(=O)Nc1ccc(N2CCN(C(=O)c3ccc4ccccc4c3)CC2)cc1. The molecule has 0 aromatic heterocycles. The third-order valence-corrected chi connectivity index (χ3v) is 6.44. The van der Waals surface area contributed by atoms with Crippen LogP contribution in [0.2, 0.25) is 0 Å². The second-order valence-corrected chi connectivity index (χ2v) is 8.66. The number of nitrogens with one attached hydrogen (secondary N) is 1. The second-order valence-electron chi connectivity index (χ2n) is 8.66. The minimum absolute atomic E-state index is 0.0830. The van der Waals surface area contributed by atoms with Crippen molar-refractivity contribution in [2.45, 2.75) is 6.92 Å². The van der Waals surface area contributed by atoms with Crippen molar-refractivity contribution in [3.8, 4) is 0 Å². The van der Waals surface area contributed by atoms with E-state index in [4.69, 9.17) is 0 Å². The zero-order valence-electron chi connectivity index (χ0n) is 19.2. The van der Waals surface area contributed by atoms with Crippen molar-refractivity contribution in [2.75, 3.05) is 36.4 Å². The highest BCUT2D eigenvalue weighted by Gasteiger charge is 2.22. The van der Waals surface area contributed by atoms with E-state index in [0.29, 0.717) is 18.7 Å². The zero-order chi connectivity index (χ0) is 23.5. The van der Waals surface area contributed by atoms with Crippen LogP contribution < -0.4 is 10.2 Å². The lowest BCUT2D eigenvalue weighted by atomic mass is 10.1. The molecule has 0 saturated carbocycles. The Hall–Kier alpha value is -4.12. The number of benzene rings is 4. The average molecular weight is 450 g/mol. The van der Waals surface area contributed by atoms with E-state index < -0.39 is 0 Å². The summed E-state index contributed by atoms with van der Waals surface area (Å²) in [5, 5.41) is 5.20. The fourth-order valence-corrected chi connectivity index (χ4v) is 4.45. The maximum absolute atomic E-state index is 13.0. The summed E-state index contributed by atoms with van der Waals surface area (Å²) >= 11 is 0. The number of carbonyl (C=O) groups is 2. The summed E-state index contributed by atoms with van der Waals surface area (Å²) < 4.78 is 0. The van der Waals surface area contributed by atoms with Gasteiger partial charge in [0.2, 0.25) is 0 Å². The Morgan fingerprint density at radius 2 is 1.41 bits per heavy atom. The highest BCUT2D eigenvalue weighted by atomic mass is 16.2. The molecule has 5 rings (SSSR count). The summed E-state index contributed by atoms with van der Waals surface area (Å²) in [5.41, 5.74) is 4.22.